The average Bonchev–Trinajstić information content (AvgIpc) is 3.09. The number of rotatable bonds is 4. The zero-order chi connectivity index (χ0) is 29.2. The van der Waals surface area contributed by atoms with E-state index in [1.165, 1.54) is 14.2 Å². The number of nitriles is 2. The van der Waals surface area contributed by atoms with E-state index in [-0.39, 0.29) is 34.1 Å². The number of allylic oxidation sites excluding steroid dienone is 11. The van der Waals surface area contributed by atoms with Gasteiger partial charge in [-0.1, -0.05) is 75.3 Å². The third-order valence-electron chi connectivity index (χ3n) is 10.3. The van der Waals surface area contributed by atoms with Crippen LogP contribution in [-0.4, -0.2) is 37.7 Å². The van der Waals surface area contributed by atoms with Gasteiger partial charge in [-0.25, -0.2) is 4.79 Å². The number of carbonyl (C=O) groups is 4. The number of hydrogen-bond acceptors (Lipinski definition) is 8. The molecular formula is C32H28N2O6. The third kappa shape index (κ3) is 2.14. The van der Waals surface area contributed by atoms with E-state index in [0.717, 1.165) is 0 Å². The monoisotopic (exact) mass is 536 g/mol. The number of Topliss-reactive ketones (excluding diaryl/α,β-unsaturated/α-hetero) is 2. The largest absolute Gasteiger partial charge is 0.468 e. The first-order chi connectivity index (χ1) is 19.0. The summed E-state index contributed by atoms with van der Waals surface area (Å²) < 4.78 is 10.5. The van der Waals surface area contributed by atoms with E-state index in [1.54, 1.807) is 30.4 Å². The number of methoxy groups -OCH3 is 2. The second-order valence-corrected chi connectivity index (χ2v) is 11.9. The Morgan fingerprint density at radius 1 is 0.900 bits per heavy atom. The van der Waals surface area contributed by atoms with Crippen molar-refractivity contribution in [2.75, 3.05) is 14.2 Å². The predicted octanol–water partition coefficient (Wildman–Crippen LogP) is 3.65. The van der Waals surface area contributed by atoms with E-state index in [4.69, 9.17) is 9.47 Å². The fourth-order valence-corrected chi connectivity index (χ4v) is 8.95. The van der Waals surface area contributed by atoms with Crippen molar-refractivity contribution in [2.24, 2.45) is 45.3 Å². The SMILES string of the molecule is COC(=O)C1=C2C=C(C(C)C)[C@@H]3C=C[C@@]24[C@@]25C=C(C(C)C)[C@H](C=CC2=C(C#N)C(=O)[C@@]35C(=O)OC)[C@@]4(C#N)C1=O. The summed E-state index contributed by atoms with van der Waals surface area (Å²) in [6, 6.07) is 4.42. The molecule has 0 amide bonds. The lowest BCUT2D eigenvalue weighted by atomic mass is 9.34. The number of esters is 2. The normalized spacial score (nSPS) is 37.8. The molecule has 202 valence electrons. The van der Waals surface area contributed by atoms with E-state index in [2.05, 4.69) is 12.1 Å². The van der Waals surface area contributed by atoms with Crippen LogP contribution in [0.15, 0.2) is 69.9 Å². The minimum atomic E-state index is -2.03. The summed E-state index contributed by atoms with van der Waals surface area (Å²) in [7, 11) is 2.37. The highest BCUT2D eigenvalue weighted by Gasteiger charge is 2.88. The predicted molar refractivity (Wildman–Crippen MR) is 140 cm³/mol. The van der Waals surface area contributed by atoms with E-state index < -0.39 is 57.0 Å². The zero-order valence-corrected chi connectivity index (χ0v) is 23.1. The average molecular weight is 537 g/mol. The summed E-state index contributed by atoms with van der Waals surface area (Å²) in [4.78, 5) is 57.2. The Bertz CT molecular complexity index is 1650. The highest BCUT2D eigenvalue weighted by atomic mass is 16.5. The molecule has 0 N–H and O–H groups in total. The summed E-state index contributed by atoms with van der Waals surface area (Å²) in [6.07, 6.45) is 10.4. The Morgan fingerprint density at radius 2 is 1.57 bits per heavy atom. The number of carbonyl (C=O) groups excluding carboxylic acids is 4. The van der Waals surface area contributed by atoms with E-state index in [1.807, 2.05) is 33.8 Å². The number of hydrogen-bond donors (Lipinski definition) is 0. The van der Waals surface area contributed by atoms with Crippen LogP contribution in [-0.2, 0) is 28.7 Å². The maximum absolute atomic E-state index is 14.7. The van der Waals surface area contributed by atoms with Crippen molar-refractivity contribution in [1.82, 2.24) is 0 Å². The first kappa shape index (κ1) is 26.0. The van der Waals surface area contributed by atoms with Crippen LogP contribution in [0.3, 0.4) is 0 Å². The van der Waals surface area contributed by atoms with Gasteiger partial charge in [-0.3, -0.25) is 14.4 Å². The zero-order valence-electron chi connectivity index (χ0n) is 23.1. The van der Waals surface area contributed by atoms with E-state index in [9.17, 15) is 29.7 Å². The molecule has 2 spiro atoms. The molecule has 0 aromatic heterocycles. The van der Waals surface area contributed by atoms with Crippen LogP contribution in [0.4, 0.5) is 0 Å². The number of ether oxygens (including phenoxy) is 2. The first-order valence-electron chi connectivity index (χ1n) is 13.3. The van der Waals surface area contributed by atoms with Crippen LogP contribution >= 0.6 is 0 Å². The number of nitrogens with zero attached hydrogens (tertiary/aromatic N) is 2. The molecule has 0 unspecified atom stereocenters. The first-order valence-corrected chi connectivity index (χ1v) is 13.3. The second-order valence-electron chi connectivity index (χ2n) is 11.9. The van der Waals surface area contributed by atoms with Gasteiger partial charge in [0.2, 0.25) is 0 Å². The van der Waals surface area contributed by atoms with Crippen LogP contribution in [0, 0.1) is 68.0 Å². The molecule has 8 aliphatic rings. The molecule has 0 saturated carbocycles. The van der Waals surface area contributed by atoms with Crippen molar-refractivity contribution in [1.29, 1.82) is 10.5 Å². The van der Waals surface area contributed by atoms with Crippen LogP contribution in [0.25, 0.3) is 0 Å². The molecule has 8 rings (SSSR count). The fraction of sp³-hybridized carbons (Fsp3) is 0.438. The molecule has 6 atom stereocenters. The van der Waals surface area contributed by atoms with Gasteiger partial charge in [0.25, 0.3) is 0 Å². The molecule has 0 heterocycles. The third-order valence-corrected chi connectivity index (χ3v) is 10.3. The van der Waals surface area contributed by atoms with Crippen molar-refractivity contribution in [3.05, 3.63) is 69.9 Å². The molecule has 0 fully saturated rings. The van der Waals surface area contributed by atoms with Crippen molar-refractivity contribution in [3.8, 4) is 12.1 Å². The Hall–Kier alpha value is -4.30. The van der Waals surface area contributed by atoms with Gasteiger partial charge < -0.3 is 9.47 Å². The summed E-state index contributed by atoms with van der Waals surface area (Å²) in [5.74, 6) is -5.26. The highest BCUT2D eigenvalue weighted by molar-refractivity contribution is 6.27. The van der Waals surface area contributed by atoms with Gasteiger partial charge in [0.1, 0.15) is 22.6 Å². The Labute approximate surface area is 232 Å². The molecule has 0 aromatic rings. The number of ketones is 2. The van der Waals surface area contributed by atoms with E-state index in [0.29, 0.717) is 11.1 Å². The van der Waals surface area contributed by atoms with Crippen LogP contribution in [0.5, 0.6) is 0 Å². The van der Waals surface area contributed by atoms with Gasteiger partial charge in [-0.05, 0) is 23.0 Å². The summed E-state index contributed by atoms with van der Waals surface area (Å²) in [5, 5.41) is 21.6. The standard InChI is InChI=1S/C32H28N2O6/c1-15(2)17-11-23-24(27(37)39-5)26(36)29(14-34)20-7-8-21-19(13-33)25(35)32(28(38)40-6)22(17)9-10-30(23,29)31(21,32)12-18(20)16(3)4/h7-12,15-16,20,22H,1-6H3/t20-,22-,29-,30+,31+,32+/m0/s1. The molecule has 8 aliphatic carbocycles. The van der Waals surface area contributed by atoms with Gasteiger partial charge in [0.05, 0.1) is 31.1 Å². The molecule has 0 saturated heterocycles. The second kappa shape index (κ2) is 7.67. The van der Waals surface area contributed by atoms with Crippen LogP contribution in [0.1, 0.15) is 27.7 Å². The minimum absolute atomic E-state index is 0.202. The molecule has 40 heavy (non-hydrogen) atoms. The lowest BCUT2D eigenvalue weighted by Gasteiger charge is -2.63. The van der Waals surface area contributed by atoms with Crippen molar-refractivity contribution in [3.63, 3.8) is 0 Å². The molecule has 8 nitrogen and oxygen atoms in total. The van der Waals surface area contributed by atoms with Crippen molar-refractivity contribution < 1.29 is 28.7 Å². The van der Waals surface area contributed by atoms with Gasteiger partial charge in [0, 0.05) is 11.8 Å². The van der Waals surface area contributed by atoms with Crippen molar-refractivity contribution >= 4 is 23.5 Å². The Kier molecular flexibility index (Phi) is 4.97. The maximum Gasteiger partial charge on any atom is 0.341 e. The Morgan fingerprint density at radius 3 is 2.12 bits per heavy atom. The summed E-state index contributed by atoms with van der Waals surface area (Å²) >= 11 is 0. The summed E-state index contributed by atoms with van der Waals surface area (Å²) in [6.45, 7) is 7.63. The fourth-order valence-electron chi connectivity index (χ4n) is 8.95. The molecule has 4 bridgehead atoms. The van der Waals surface area contributed by atoms with Crippen LogP contribution in [0.2, 0.25) is 0 Å². The quantitative estimate of drug-likeness (QED) is 0.230. The lowest BCUT2D eigenvalue weighted by molar-refractivity contribution is -0.173. The van der Waals surface area contributed by atoms with Crippen molar-refractivity contribution in [2.45, 2.75) is 27.7 Å². The molecule has 8 heteroatoms. The van der Waals surface area contributed by atoms with Gasteiger partial charge in [0.15, 0.2) is 17.0 Å². The van der Waals surface area contributed by atoms with Gasteiger partial charge >= 0.3 is 11.9 Å². The smallest absolute Gasteiger partial charge is 0.341 e. The lowest BCUT2D eigenvalue weighted by Crippen LogP contribution is -2.68. The molecule has 0 aliphatic heterocycles. The maximum atomic E-state index is 14.7. The minimum Gasteiger partial charge on any atom is -0.468 e. The van der Waals surface area contributed by atoms with E-state index >= 15 is 0 Å². The van der Waals surface area contributed by atoms with Crippen LogP contribution < -0.4 is 0 Å². The molecule has 0 radical (unpaired) electrons. The highest BCUT2D eigenvalue weighted by Crippen LogP contribution is 2.84. The van der Waals surface area contributed by atoms with Gasteiger partial charge in [-0.15, -0.1) is 0 Å². The topological polar surface area (TPSA) is 134 Å². The molecular weight excluding hydrogens is 508 g/mol. The van der Waals surface area contributed by atoms with Gasteiger partial charge in [-0.2, -0.15) is 10.5 Å². The summed E-state index contributed by atoms with van der Waals surface area (Å²) in [5.41, 5.74) is -5.97. The Balaban J connectivity index is 1.99. The molecule has 0 aromatic carbocycles.